The summed E-state index contributed by atoms with van der Waals surface area (Å²) in [6.45, 7) is 10.0. The summed E-state index contributed by atoms with van der Waals surface area (Å²) in [6, 6.07) is 19.8. The van der Waals surface area contributed by atoms with Crippen LogP contribution >= 0.6 is 0 Å². The third-order valence-electron chi connectivity index (χ3n) is 3.13. The fraction of sp³-hybridized carbons (Fsp3) is 0.250. The number of carboxylic acid groups (broad SMARTS) is 1. The zero-order chi connectivity index (χ0) is 22.2. The number of hydrogen-bond donors (Lipinski definition) is 3. The molecule has 0 aliphatic carbocycles. The van der Waals surface area contributed by atoms with Crippen molar-refractivity contribution in [3.05, 3.63) is 103 Å². The van der Waals surface area contributed by atoms with Gasteiger partial charge in [0.15, 0.2) is 17.4 Å². The van der Waals surface area contributed by atoms with Crippen LogP contribution in [0.1, 0.15) is 25.4 Å². The number of carboxylic acids is 1. The summed E-state index contributed by atoms with van der Waals surface area (Å²) < 4.78 is 0. The molecule has 8 heteroatoms. The van der Waals surface area contributed by atoms with E-state index >= 15 is 0 Å². The summed E-state index contributed by atoms with van der Waals surface area (Å²) in [5.41, 5.74) is 4.63. The van der Waals surface area contributed by atoms with Crippen LogP contribution in [0.2, 0.25) is 0 Å². The number of rotatable bonds is 8. The van der Waals surface area contributed by atoms with Crippen molar-refractivity contribution in [2.24, 2.45) is 0 Å². The number of hydrogen-bond acceptors (Lipinski definition) is 4. The molecule has 0 unspecified atom stereocenters. The molecule has 0 aliphatic rings. The average molecular weight is 456 g/mol. The van der Waals surface area contributed by atoms with Crippen molar-refractivity contribution in [2.45, 2.75) is 25.7 Å². The third kappa shape index (κ3) is 32.8. The molecular formula is C24H38AlLiO6. The van der Waals surface area contributed by atoms with Gasteiger partial charge in [-0.25, -0.2) is 4.89 Å². The second kappa shape index (κ2) is 33.8. The molecule has 0 saturated heterocycles. The average Bonchev–Trinajstić information content (AvgIpc) is 2.74. The molecule has 174 valence electrons. The molecule has 0 bridgehead atoms. The number of aliphatic hydroxyl groups excluding tert-OH is 1. The summed E-state index contributed by atoms with van der Waals surface area (Å²) in [6.07, 6.45) is 4.14. The summed E-state index contributed by atoms with van der Waals surface area (Å²) in [4.78, 5) is 13.7. The molecule has 0 radical (unpaired) electrons. The normalized spacial score (nSPS) is 7.69. The summed E-state index contributed by atoms with van der Waals surface area (Å²) in [5.74, 6) is -0.742. The fourth-order valence-corrected chi connectivity index (χ4v) is 1.88. The van der Waals surface area contributed by atoms with E-state index in [4.69, 9.17) is 15.5 Å². The van der Waals surface area contributed by atoms with Crippen molar-refractivity contribution in [1.82, 2.24) is 0 Å². The summed E-state index contributed by atoms with van der Waals surface area (Å²) in [7, 11) is 0. The van der Waals surface area contributed by atoms with Crippen LogP contribution in [0.4, 0.5) is 0 Å². The van der Waals surface area contributed by atoms with Gasteiger partial charge in [-0.3, -0.25) is 10.1 Å². The Labute approximate surface area is 216 Å². The van der Waals surface area contributed by atoms with Gasteiger partial charge in [0.2, 0.25) is 0 Å². The molecule has 0 saturated carbocycles. The predicted octanol–water partition coefficient (Wildman–Crippen LogP) is 0.0425. The molecule has 32 heavy (non-hydrogen) atoms. The first kappa shape index (κ1) is 40.5. The van der Waals surface area contributed by atoms with Gasteiger partial charge in [0.25, 0.3) is 0 Å². The van der Waals surface area contributed by atoms with Gasteiger partial charge in [-0.2, -0.15) is 0 Å². The van der Waals surface area contributed by atoms with E-state index in [1.165, 1.54) is 11.6 Å². The quantitative estimate of drug-likeness (QED) is 0.170. The molecule has 0 aliphatic heterocycles. The van der Waals surface area contributed by atoms with Crippen molar-refractivity contribution in [3.8, 4) is 0 Å². The Morgan fingerprint density at radius 1 is 1.00 bits per heavy atom. The molecule has 0 fully saturated rings. The third-order valence-corrected chi connectivity index (χ3v) is 3.13. The van der Waals surface area contributed by atoms with Crippen molar-refractivity contribution in [2.75, 3.05) is 13.2 Å². The van der Waals surface area contributed by atoms with Gasteiger partial charge in [-0.15, -0.1) is 12.3 Å². The van der Waals surface area contributed by atoms with Gasteiger partial charge in [0.1, 0.15) is 0 Å². The molecule has 0 heterocycles. The maximum atomic E-state index is 10.2. The van der Waals surface area contributed by atoms with E-state index in [1.807, 2.05) is 48.5 Å². The van der Waals surface area contributed by atoms with E-state index < -0.39 is 5.97 Å². The predicted molar refractivity (Wildman–Crippen MR) is 132 cm³/mol. The van der Waals surface area contributed by atoms with Crippen molar-refractivity contribution in [3.63, 3.8) is 0 Å². The Kier molecular flexibility index (Phi) is 42.7. The van der Waals surface area contributed by atoms with Crippen LogP contribution in [-0.4, -0.2) is 57.5 Å². The second-order valence-electron chi connectivity index (χ2n) is 5.53. The van der Waals surface area contributed by atoms with E-state index in [0.29, 0.717) is 6.42 Å². The Bertz CT molecular complexity index is 669. The Morgan fingerprint density at radius 3 is 1.69 bits per heavy atom. The standard InChI is InChI=1S/C9H10O2.C9H12O.C3H6O2.C3H4.Al.Li.H2O.4H/c10-9(11)7-6-8-4-2-1-3-5-8;10-8-4-7-9-5-2-1-3-6-9;1-2-3-5-4;1-3-2;;;;;;;/h1-5H,6-7H2,(H,10,11);1-3,5-6,10H,4,7-8H2;2,4H,1,3H2;1-2H2;;;1H2;;;;/q;;;;;+1;;;;;-1. The van der Waals surface area contributed by atoms with Crippen LogP contribution < -0.4 is 18.9 Å². The Balaban J connectivity index is -0.0000000772. The van der Waals surface area contributed by atoms with E-state index in [2.05, 4.69) is 42.5 Å². The van der Waals surface area contributed by atoms with Crippen LogP contribution in [0, 0.1) is 0 Å². The molecule has 5 N–H and O–H groups in total. The number of aryl methyl sites for hydroxylation is 2. The maximum Gasteiger partial charge on any atom is 1.00 e. The van der Waals surface area contributed by atoms with Gasteiger partial charge in [0.05, 0.1) is 6.61 Å². The maximum absolute atomic E-state index is 10.2. The molecule has 2 aromatic carbocycles. The Hall–Kier alpha value is -1.86. The van der Waals surface area contributed by atoms with Crippen LogP contribution in [0.3, 0.4) is 0 Å². The molecule has 0 atom stereocenters. The number of aliphatic carboxylic acids is 1. The summed E-state index contributed by atoms with van der Waals surface area (Å²) >= 11 is 0. The molecule has 0 spiro atoms. The fourth-order valence-electron chi connectivity index (χ4n) is 1.88. The number of aliphatic hydroxyl groups is 1. The zero-order valence-electron chi connectivity index (χ0n) is 19.4. The molecule has 2 aromatic rings. The number of benzene rings is 2. The van der Waals surface area contributed by atoms with Crippen LogP contribution in [-0.2, 0) is 22.5 Å². The smallest absolute Gasteiger partial charge is 1.00 e. The van der Waals surface area contributed by atoms with Crippen molar-refractivity contribution >= 4 is 23.3 Å². The van der Waals surface area contributed by atoms with E-state index in [1.54, 1.807) is 0 Å². The monoisotopic (exact) mass is 456 g/mol. The van der Waals surface area contributed by atoms with Gasteiger partial charge in [-0.05, 0) is 30.4 Å². The van der Waals surface area contributed by atoms with Crippen LogP contribution in [0.5, 0.6) is 0 Å². The first-order valence-corrected chi connectivity index (χ1v) is 9.12. The molecule has 0 aromatic heterocycles. The van der Waals surface area contributed by atoms with Crippen LogP contribution in [0.25, 0.3) is 0 Å². The van der Waals surface area contributed by atoms with Crippen molar-refractivity contribution in [1.29, 1.82) is 0 Å². The second-order valence-corrected chi connectivity index (χ2v) is 5.53. The summed E-state index contributed by atoms with van der Waals surface area (Å²) in [5, 5.41) is 24.4. The largest absolute Gasteiger partial charge is 1.00 e. The first-order valence-electron chi connectivity index (χ1n) is 9.12. The SMILES string of the molecule is C=C=C.C=CCOO.O.O=C(O)CCc1ccccc1.OCCCc1ccccc1.[AlH3].[H-].[Li+]. The van der Waals surface area contributed by atoms with Gasteiger partial charge in [0, 0.05) is 13.0 Å². The minimum absolute atomic E-state index is 0. The minimum Gasteiger partial charge on any atom is -1.00 e. The van der Waals surface area contributed by atoms with E-state index in [-0.39, 0.29) is 62.8 Å². The van der Waals surface area contributed by atoms with Gasteiger partial charge >= 0.3 is 24.8 Å². The minimum atomic E-state index is -0.742. The van der Waals surface area contributed by atoms with E-state index in [0.717, 1.165) is 18.4 Å². The zero-order valence-corrected chi connectivity index (χ0v) is 18.4. The first-order chi connectivity index (χ1) is 14.0. The van der Waals surface area contributed by atoms with Gasteiger partial charge in [-0.1, -0.05) is 79.9 Å². The topological polar surface area (TPSA) is 118 Å². The van der Waals surface area contributed by atoms with Gasteiger partial charge < -0.3 is 17.1 Å². The Morgan fingerprint density at radius 2 is 1.41 bits per heavy atom. The molecule has 6 nitrogen and oxygen atoms in total. The molecule has 2 rings (SSSR count). The van der Waals surface area contributed by atoms with E-state index in [9.17, 15) is 4.79 Å². The van der Waals surface area contributed by atoms with Crippen LogP contribution in [0.15, 0.2) is 92.2 Å². The van der Waals surface area contributed by atoms with Crippen molar-refractivity contribution < 1.29 is 50.9 Å². The molecular weight excluding hydrogens is 418 g/mol. The molecule has 0 amide bonds. The number of carbonyl (C=O) groups is 1.